The van der Waals surface area contributed by atoms with Gasteiger partial charge in [-0.1, -0.05) is 18.2 Å². The maximum absolute atomic E-state index is 10.8. The lowest BCUT2D eigenvalue weighted by atomic mass is 10.1. The van der Waals surface area contributed by atoms with Gasteiger partial charge in [-0.25, -0.2) is 0 Å². The van der Waals surface area contributed by atoms with Crippen molar-refractivity contribution >= 4 is 27.9 Å². The predicted octanol–water partition coefficient (Wildman–Crippen LogP) is 2.89. The third kappa shape index (κ3) is 7.15. The van der Waals surface area contributed by atoms with Gasteiger partial charge >= 0.3 is 11.9 Å². The van der Waals surface area contributed by atoms with Gasteiger partial charge in [0.1, 0.15) is 11.5 Å². The van der Waals surface area contributed by atoms with Gasteiger partial charge in [0, 0.05) is 0 Å². The number of ether oxygens (including phenoxy) is 1. The van der Waals surface area contributed by atoms with Crippen molar-refractivity contribution < 1.29 is 29.6 Å². The summed E-state index contributed by atoms with van der Waals surface area (Å²) in [6, 6.07) is 11.1. The first-order valence-corrected chi connectivity index (χ1v) is 7.65. The lowest BCUT2D eigenvalue weighted by Gasteiger charge is -1.99. The van der Waals surface area contributed by atoms with Crippen molar-refractivity contribution in [1.82, 2.24) is 0 Å². The van der Waals surface area contributed by atoms with E-state index in [1.165, 1.54) is 25.3 Å². The molecule has 128 valence electrons. The summed E-state index contributed by atoms with van der Waals surface area (Å²) in [6.07, 6.45) is 0.218. The monoisotopic (exact) mass is 396 g/mol. The molecule has 6 nitrogen and oxygen atoms in total. The quantitative estimate of drug-likeness (QED) is 0.686. The number of carboxylic acids is 1. The molecule has 0 saturated heterocycles. The second-order valence-electron chi connectivity index (χ2n) is 4.78. The first kappa shape index (κ1) is 19.5. The summed E-state index contributed by atoms with van der Waals surface area (Å²) in [5, 5.41) is 26.5. The summed E-state index contributed by atoms with van der Waals surface area (Å²) in [5.41, 5.74) is 1.49. The van der Waals surface area contributed by atoms with Crippen molar-refractivity contribution in [2.24, 2.45) is 0 Å². The molecule has 0 aromatic heterocycles. The lowest BCUT2D eigenvalue weighted by molar-refractivity contribution is -0.140. The van der Waals surface area contributed by atoms with Crippen LogP contribution in [-0.4, -0.2) is 34.4 Å². The van der Waals surface area contributed by atoms with E-state index in [1.807, 2.05) is 0 Å². The molecule has 0 radical (unpaired) electrons. The van der Waals surface area contributed by atoms with Crippen molar-refractivity contribution in [2.45, 2.75) is 12.8 Å². The van der Waals surface area contributed by atoms with Gasteiger partial charge in [0.25, 0.3) is 0 Å². The number of hydrogen-bond donors (Lipinski definition) is 3. The maximum Gasteiger partial charge on any atom is 0.309 e. The van der Waals surface area contributed by atoms with Crippen LogP contribution in [0.1, 0.15) is 11.1 Å². The Morgan fingerprint density at radius 2 is 1.58 bits per heavy atom. The van der Waals surface area contributed by atoms with Crippen LogP contribution < -0.4 is 0 Å². The molecule has 3 N–H and O–H groups in total. The second-order valence-corrected chi connectivity index (χ2v) is 5.63. The Bertz CT molecular complexity index is 697. The highest BCUT2D eigenvalue weighted by molar-refractivity contribution is 9.10. The molecule has 0 fully saturated rings. The first-order chi connectivity index (χ1) is 11.3. The number of aliphatic carboxylic acids is 1. The smallest absolute Gasteiger partial charge is 0.309 e. The molecule has 0 atom stereocenters. The van der Waals surface area contributed by atoms with Crippen molar-refractivity contribution in [3.05, 3.63) is 58.1 Å². The number of methoxy groups -OCH3 is 1. The number of carboxylic acid groups (broad SMARTS) is 1. The van der Waals surface area contributed by atoms with E-state index in [4.69, 9.17) is 15.3 Å². The molecule has 0 amide bonds. The van der Waals surface area contributed by atoms with Crippen LogP contribution >= 0.6 is 15.9 Å². The molecule has 0 aliphatic heterocycles. The standard InChI is InChI=1S/C9H10O3.C8H7BrO3/c1-12-9(11)6-7-2-4-8(10)5-3-7;9-6-3-5(4-8(11)12)1-2-7(6)10/h2-5,10H,6H2,1H3;1-3,10H,4H2,(H,11,12). The van der Waals surface area contributed by atoms with E-state index in [1.54, 1.807) is 24.3 Å². The molecule has 0 aliphatic carbocycles. The van der Waals surface area contributed by atoms with Crippen LogP contribution in [0.4, 0.5) is 0 Å². The van der Waals surface area contributed by atoms with Crippen molar-refractivity contribution in [2.75, 3.05) is 7.11 Å². The molecule has 24 heavy (non-hydrogen) atoms. The Morgan fingerprint density at radius 1 is 1.00 bits per heavy atom. The number of aromatic hydroxyl groups is 2. The van der Waals surface area contributed by atoms with Gasteiger partial charge in [-0.15, -0.1) is 0 Å². The van der Waals surface area contributed by atoms with E-state index in [2.05, 4.69) is 20.7 Å². The van der Waals surface area contributed by atoms with Crippen molar-refractivity contribution in [3.63, 3.8) is 0 Å². The lowest BCUT2D eigenvalue weighted by Crippen LogP contribution is -2.03. The summed E-state index contributed by atoms with van der Waals surface area (Å²) in [6.45, 7) is 0. The minimum Gasteiger partial charge on any atom is -0.508 e. The molecular weight excluding hydrogens is 380 g/mol. The van der Waals surface area contributed by atoms with E-state index in [0.717, 1.165) is 5.56 Å². The number of hydrogen-bond acceptors (Lipinski definition) is 5. The second kappa shape index (κ2) is 9.57. The number of carbonyl (C=O) groups is 2. The number of halogens is 1. The zero-order valence-corrected chi connectivity index (χ0v) is 14.5. The van der Waals surface area contributed by atoms with Crippen molar-refractivity contribution in [1.29, 1.82) is 0 Å². The minimum atomic E-state index is -0.882. The van der Waals surface area contributed by atoms with E-state index in [9.17, 15) is 9.59 Å². The minimum absolute atomic E-state index is 0.0289. The summed E-state index contributed by atoms with van der Waals surface area (Å²) in [4.78, 5) is 21.1. The third-order valence-electron chi connectivity index (χ3n) is 2.88. The molecule has 7 heteroatoms. The molecule has 0 unspecified atom stereocenters. The molecule has 0 bridgehead atoms. The average molecular weight is 397 g/mol. The van der Waals surface area contributed by atoms with Gasteiger partial charge in [0.2, 0.25) is 0 Å². The predicted molar refractivity (Wildman–Crippen MR) is 91.0 cm³/mol. The largest absolute Gasteiger partial charge is 0.508 e. The fraction of sp³-hybridized carbons (Fsp3) is 0.176. The van der Waals surface area contributed by atoms with E-state index < -0.39 is 5.97 Å². The molecule has 2 aromatic carbocycles. The molecular formula is C17H17BrO6. The van der Waals surface area contributed by atoms with Crippen LogP contribution in [0.2, 0.25) is 0 Å². The number of benzene rings is 2. The number of phenols is 2. The van der Waals surface area contributed by atoms with E-state index in [0.29, 0.717) is 10.0 Å². The van der Waals surface area contributed by atoms with Gasteiger partial charge < -0.3 is 20.1 Å². The number of esters is 1. The molecule has 0 heterocycles. The fourth-order valence-electron chi connectivity index (χ4n) is 1.69. The Kier molecular flexibility index (Phi) is 7.77. The fourth-order valence-corrected chi connectivity index (χ4v) is 2.11. The Morgan fingerprint density at radius 3 is 2.08 bits per heavy atom. The van der Waals surface area contributed by atoms with Gasteiger partial charge in [-0.3, -0.25) is 9.59 Å². The maximum atomic E-state index is 10.8. The molecule has 0 aliphatic rings. The third-order valence-corrected chi connectivity index (χ3v) is 3.52. The van der Waals surface area contributed by atoms with Gasteiger partial charge in [-0.2, -0.15) is 0 Å². The first-order valence-electron chi connectivity index (χ1n) is 6.85. The highest BCUT2D eigenvalue weighted by atomic mass is 79.9. The van der Waals surface area contributed by atoms with Crippen LogP contribution in [-0.2, 0) is 27.2 Å². The summed E-state index contributed by atoms with van der Waals surface area (Å²) < 4.78 is 5.00. The van der Waals surface area contributed by atoms with Gasteiger partial charge in [-0.05, 0) is 51.3 Å². The topological polar surface area (TPSA) is 104 Å². The zero-order chi connectivity index (χ0) is 18.1. The molecule has 0 spiro atoms. The number of phenolic OH excluding ortho intramolecular Hbond substituents is 2. The van der Waals surface area contributed by atoms with Gasteiger partial charge in [0.05, 0.1) is 24.4 Å². The highest BCUT2D eigenvalue weighted by Gasteiger charge is 2.03. The summed E-state index contributed by atoms with van der Waals surface area (Å²) >= 11 is 3.09. The highest BCUT2D eigenvalue weighted by Crippen LogP contribution is 2.24. The normalized spacial score (nSPS) is 9.58. The molecule has 0 saturated carbocycles. The van der Waals surface area contributed by atoms with Crippen LogP contribution in [0.5, 0.6) is 11.5 Å². The zero-order valence-electron chi connectivity index (χ0n) is 12.9. The van der Waals surface area contributed by atoms with Gasteiger partial charge in [0.15, 0.2) is 0 Å². The van der Waals surface area contributed by atoms with Crippen LogP contribution in [0, 0.1) is 0 Å². The number of carbonyl (C=O) groups excluding carboxylic acids is 1. The number of rotatable bonds is 4. The average Bonchev–Trinajstić information content (AvgIpc) is 2.53. The Balaban J connectivity index is 0.000000240. The summed E-state index contributed by atoms with van der Waals surface area (Å²) in [5.74, 6) is -0.846. The Labute approximate surface area is 147 Å². The van der Waals surface area contributed by atoms with Crippen LogP contribution in [0.25, 0.3) is 0 Å². The molecule has 2 rings (SSSR count). The molecule has 2 aromatic rings. The van der Waals surface area contributed by atoms with E-state index >= 15 is 0 Å². The van der Waals surface area contributed by atoms with Crippen LogP contribution in [0.15, 0.2) is 46.9 Å². The van der Waals surface area contributed by atoms with Crippen LogP contribution in [0.3, 0.4) is 0 Å². The van der Waals surface area contributed by atoms with Crippen molar-refractivity contribution in [3.8, 4) is 11.5 Å². The Hall–Kier alpha value is -2.54. The summed E-state index contributed by atoms with van der Waals surface area (Å²) in [7, 11) is 1.35. The van der Waals surface area contributed by atoms with E-state index in [-0.39, 0.29) is 30.3 Å². The SMILES string of the molecule is COC(=O)Cc1ccc(O)cc1.O=C(O)Cc1ccc(O)c(Br)c1.